The van der Waals surface area contributed by atoms with Crippen LogP contribution in [-0.2, 0) is 9.59 Å². The molecule has 1 aliphatic rings. The van der Waals surface area contributed by atoms with Crippen molar-refractivity contribution >= 4 is 23.2 Å². The number of benzene rings is 2. The Bertz CT molecular complexity index is 1030. The molecule has 0 spiro atoms. The van der Waals surface area contributed by atoms with E-state index in [0.717, 1.165) is 16.0 Å². The Morgan fingerprint density at radius 3 is 2.38 bits per heavy atom. The van der Waals surface area contributed by atoms with Gasteiger partial charge in [0.1, 0.15) is 0 Å². The maximum Gasteiger partial charge on any atom is 0.258 e. The molecule has 0 unspecified atom stereocenters. The van der Waals surface area contributed by atoms with E-state index in [1.807, 2.05) is 25.1 Å². The molecule has 0 saturated heterocycles. The zero-order valence-corrected chi connectivity index (χ0v) is 13.8. The minimum atomic E-state index is -0.361. The molecule has 2 heterocycles. The van der Waals surface area contributed by atoms with Crippen LogP contribution in [0.25, 0.3) is 22.8 Å². The second-order valence-electron chi connectivity index (χ2n) is 5.84. The molecule has 26 heavy (non-hydrogen) atoms. The highest BCUT2D eigenvalue weighted by Crippen LogP contribution is 2.28. The van der Waals surface area contributed by atoms with E-state index in [1.54, 1.807) is 24.3 Å². The molecule has 7 nitrogen and oxygen atoms in total. The van der Waals surface area contributed by atoms with Crippen molar-refractivity contribution in [2.45, 2.75) is 6.92 Å². The summed E-state index contributed by atoms with van der Waals surface area (Å²) in [6.07, 6.45) is 2.49. The van der Waals surface area contributed by atoms with Crippen molar-refractivity contribution in [2.75, 3.05) is 10.6 Å². The number of nitrogen functional groups attached to an aromatic ring is 1. The molecule has 1 aromatic heterocycles. The van der Waals surface area contributed by atoms with Gasteiger partial charge in [0.25, 0.3) is 17.7 Å². The molecule has 0 atom stereocenters. The fourth-order valence-corrected chi connectivity index (χ4v) is 2.75. The predicted molar refractivity (Wildman–Crippen MR) is 96.0 cm³/mol. The van der Waals surface area contributed by atoms with Gasteiger partial charge in [-0.25, -0.2) is 4.90 Å². The number of carbonyl (C=O) groups is 2. The van der Waals surface area contributed by atoms with Crippen LogP contribution >= 0.6 is 0 Å². The molecule has 2 amide bonds. The van der Waals surface area contributed by atoms with Crippen LogP contribution in [0.5, 0.6) is 0 Å². The van der Waals surface area contributed by atoms with Crippen molar-refractivity contribution in [3.63, 3.8) is 0 Å². The summed E-state index contributed by atoms with van der Waals surface area (Å²) in [6.45, 7) is 1.90. The number of aromatic nitrogens is 2. The monoisotopic (exact) mass is 346 g/mol. The van der Waals surface area contributed by atoms with E-state index in [1.165, 1.54) is 12.2 Å². The molecule has 0 fully saturated rings. The van der Waals surface area contributed by atoms with E-state index in [9.17, 15) is 9.59 Å². The van der Waals surface area contributed by atoms with Gasteiger partial charge in [0.2, 0.25) is 5.82 Å². The Hall–Kier alpha value is -3.74. The van der Waals surface area contributed by atoms with Gasteiger partial charge in [-0.3, -0.25) is 9.59 Å². The van der Waals surface area contributed by atoms with Crippen molar-refractivity contribution in [3.8, 4) is 22.8 Å². The van der Waals surface area contributed by atoms with Crippen molar-refractivity contribution in [1.82, 2.24) is 10.1 Å². The van der Waals surface area contributed by atoms with E-state index in [2.05, 4.69) is 10.1 Å². The van der Waals surface area contributed by atoms with Crippen molar-refractivity contribution in [3.05, 3.63) is 60.2 Å². The summed E-state index contributed by atoms with van der Waals surface area (Å²) in [7, 11) is 0. The van der Waals surface area contributed by atoms with Gasteiger partial charge in [-0.15, -0.1) is 0 Å². The normalized spacial score (nSPS) is 13.7. The quantitative estimate of drug-likeness (QED) is 0.578. The van der Waals surface area contributed by atoms with Crippen LogP contribution < -0.4 is 10.6 Å². The lowest BCUT2D eigenvalue weighted by atomic mass is 10.1. The molecule has 0 aliphatic carbocycles. The van der Waals surface area contributed by atoms with E-state index >= 15 is 0 Å². The summed E-state index contributed by atoms with van der Waals surface area (Å²) in [5.41, 5.74) is 9.44. The average Bonchev–Trinajstić information content (AvgIpc) is 3.25. The molecule has 2 aromatic carbocycles. The highest BCUT2D eigenvalue weighted by atomic mass is 16.5. The third kappa shape index (κ3) is 2.55. The van der Waals surface area contributed by atoms with Gasteiger partial charge in [-0.2, -0.15) is 4.98 Å². The van der Waals surface area contributed by atoms with Crippen LogP contribution in [-0.4, -0.2) is 22.0 Å². The number of rotatable bonds is 3. The first-order valence-corrected chi connectivity index (χ1v) is 7.90. The van der Waals surface area contributed by atoms with Gasteiger partial charge in [-0.05, 0) is 42.8 Å². The molecule has 7 heteroatoms. The maximum absolute atomic E-state index is 11.7. The molecule has 1 aliphatic heterocycles. The Labute approximate surface area is 148 Å². The van der Waals surface area contributed by atoms with Crippen molar-refractivity contribution in [2.24, 2.45) is 0 Å². The van der Waals surface area contributed by atoms with Crippen LogP contribution in [0, 0.1) is 6.92 Å². The second-order valence-corrected chi connectivity index (χ2v) is 5.84. The van der Waals surface area contributed by atoms with Crippen LogP contribution in [0.3, 0.4) is 0 Å². The summed E-state index contributed by atoms with van der Waals surface area (Å²) in [4.78, 5) is 29.0. The fraction of sp³-hybridized carbons (Fsp3) is 0.0526. The highest BCUT2D eigenvalue weighted by molar-refractivity contribution is 6.28. The number of nitrogens with zero attached hydrogens (tertiary/aromatic N) is 3. The van der Waals surface area contributed by atoms with Crippen molar-refractivity contribution in [1.29, 1.82) is 0 Å². The average molecular weight is 346 g/mol. The molecule has 4 rings (SSSR count). The lowest BCUT2D eigenvalue weighted by Gasteiger charge is -2.13. The van der Waals surface area contributed by atoms with Crippen LogP contribution in [0.4, 0.5) is 11.4 Å². The number of hydrogen-bond donors (Lipinski definition) is 1. The number of imide groups is 1. The highest BCUT2D eigenvalue weighted by Gasteiger charge is 2.25. The van der Waals surface area contributed by atoms with Gasteiger partial charge in [0, 0.05) is 29.0 Å². The zero-order valence-electron chi connectivity index (χ0n) is 13.8. The summed E-state index contributed by atoms with van der Waals surface area (Å²) in [5, 5.41) is 4.02. The Kier molecular flexibility index (Phi) is 3.62. The first-order valence-electron chi connectivity index (χ1n) is 7.90. The third-order valence-electron chi connectivity index (χ3n) is 4.22. The molecule has 0 saturated carbocycles. The topological polar surface area (TPSA) is 102 Å². The van der Waals surface area contributed by atoms with Crippen LogP contribution in [0.1, 0.15) is 5.56 Å². The molecular weight excluding hydrogens is 332 g/mol. The minimum absolute atomic E-state index is 0.338. The molecular formula is C19H14N4O3. The zero-order chi connectivity index (χ0) is 18.3. The summed E-state index contributed by atoms with van der Waals surface area (Å²) in [6, 6.07) is 12.3. The predicted octanol–water partition coefficient (Wildman–Crippen LogP) is 2.72. The first-order chi connectivity index (χ1) is 12.5. The Morgan fingerprint density at radius 1 is 1.00 bits per heavy atom. The van der Waals surface area contributed by atoms with Crippen molar-refractivity contribution < 1.29 is 14.1 Å². The second kappa shape index (κ2) is 5.96. The maximum atomic E-state index is 11.7. The Morgan fingerprint density at radius 2 is 1.69 bits per heavy atom. The van der Waals surface area contributed by atoms with E-state index in [-0.39, 0.29) is 11.8 Å². The lowest BCUT2D eigenvalue weighted by molar-refractivity contribution is -0.119. The van der Waals surface area contributed by atoms with E-state index in [0.29, 0.717) is 28.7 Å². The van der Waals surface area contributed by atoms with Crippen LogP contribution in [0.15, 0.2) is 59.1 Å². The van der Waals surface area contributed by atoms with E-state index in [4.69, 9.17) is 10.3 Å². The molecule has 0 radical (unpaired) electrons. The number of hydrogen-bond acceptors (Lipinski definition) is 6. The summed E-state index contributed by atoms with van der Waals surface area (Å²) in [5.74, 6) is 0.0634. The van der Waals surface area contributed by atoms with Crippen LogP contribution in [0.2, 0.25) is 0 Å². The number of carbonyl (C=O) groups excluding carboxylic acids is 2. The minimum Gasteiger partial charge on any atom is -0.398 e. The standard InChI is InChI=1S/C19H14N4O3/c1-11-14(3-2-4-15(11)20)18-21-19(26-22-18)12-5-7-13(8-6-12)23-16(24)9-10-17(23)25/h2-10H,20H2,1H3. The molecule has 3 aromatic rings. The number of nitrogens with two attached hydrogens (primary N) is 1. The van der Waals surface area contributed by atoms with Gasteiger partial charge in [0.05, 0.1) is 5.69 Å². The Balaban J connectivity index is 1.63. The fourth-order valence-electron chi connectivity index (χ4n) is 2.75. The van der Waals surface area contributed by atoms with Gasteiger partial charge >= 0.3 is 0 Å². The molecule has 2 N–H and O–H groups in total. The van der Waals surface area contributed by atoms with E-state index < -0.39 is 0 Å². The number of anilines is 2. The molecule has 0 bridgehead atoms. The van der Waals surface area contributed by atoms with Gasteiger partial charge in [0.15, 0.2) is 0 Å². The molecule has 128 valence electrons. The van der Waals surface area contributed by atoms with Gasteiger partial charge < -0.3 is 10.3 Å². The lowest BCUT2D eigenvalue weighted by Crippen LogP contribution is -2.29. The van der Waals surface area contributed by atoms with Gasteiger partial charge in [-0.1, -0.05) is 17.3 Å². The first kappa shape index (κ1) is 15.8. The SMILES string of the molecule is Cc1c(N)cccc1-c1noc(-c2ccc(N3C(=O)C=CC3=O)cc2)n1. The summed E-state index contributed by atoms with van der Waals surface area (Å²) >= 11 is 0. The number of amides is 2. The third-order valence-corrected chi connectivity index (χ3v) is 4.22. The summed E-state index contributed by atoms with van der Waals surface area (Å²) < 4.78 is 5.35. The smallest absolute Gasteiger partial charge is 0.258 e. The largest absolute Gasteiger partial charge is 0.398 e.